The van der Waals surface area contributed by atoms with Gasteiger partial charge in [-0.3, -0.25) is 14.2 Å². The van der Waals surface area contributed by atoms with Crippen molar-refractivity contribution in [1.29, 1.82) is 0 Å². The van der Waals surface area contributed by atoms with E-state index in [0.29, 0.717) is 13.0 Å². The van der Waals surface area contributed by atoms with Gasteiger partial charge in [-0.1, -0.05) is 25.2 Å². The summed E-state index contributed by atoms with van der Waals surface area (Å²) in [6.45, 7) is 6.41. The van der Waals surface area contributed by atoms with E-state index in [1.807, 2.05) is 13.8 Å². The van der Waals surface area contributed by atoms with E-state index in [9.17, 15) is 9.59 Å². The Balaban J connectivity index is 2.51. The number of amides is 1. The molecule has 6 heteroatoms. The van der Waals surface area contributed by atoms with E-state index in [0.717, 1.165) is 17.0 Å². The Hall–Kier alpha value is -1.14. The lowest BCUT2D eigenvalue weighted by Crippen LogP contribution is -2.37. The van der Waals surface area contributed by atoms with Crippen LogP contribution in [0.4, 0.5) is 0 Å². The van der Waals surface area contributed by atoms with Crippen LogP contribution in [-0.4, -0.2) is 28.7 Å². The number of carbonyl (C=O) groups excluding carboxylic acids is 1. The third-order valence-corrected chi connectivity index (χ3v) is 3.71. The zero-order valence-corrected chi connectivity index (χ0v) is 11.8. The lowest BCUT2D eigenvalue weighted by atomic mass is 9.90. The highest BCUT2D eigenvalue weighted by Gasteiger charge is 2.18. The van der Waals surface area contributed by atoms with Gasteiger partial charge in [-0.25, -0.2) is 0 Å². The van der Waals surface area contributed by atoms with Crippen LogP contribution in [0.3, 0.4) is 0 Å². The molecule has 0 radical (unpaired) electrons. The number of carbonyl (C=O) groups is 1. The summed E-state index contributed by atoms with van der Waals surface area (Å²) in [6.07, 6.45) is 0.630. The predicted molar refractivity (Wildman–Crippen MR) is 71.8 cm³/mol. The topological polar surface area (TPSA) is 71.3 Å². The molecule has 0 aliphatic carbocycles. The number of rotatable bonds is 6. The molecule has 1 amide bonds. The Kier molecular flexibility index (Phi) is 5.10. The lowest BCUT2D eigenvalue weighted by molar-refractivity contribution is -0.122. The van der Waals surface area contributed by atoms with Crippen molar-refractivity contribution < 1.29 is 9.90 Å². The highest BCUT2D eigenvalue weighted by molar-refractivity contribution is 7.07. The average molecular weight is 272 g/mol. The van der Waals surface area contributed by atoms with Crippen LogP contribution < -0.4 is 10.2 Å². The van der Waals surface area contributed by atoms with E-state index >= 15 is 0 Å². The van der Waals surface area contributed by atoms with Crippen LogP contribution in [0, 0.1) is 12.3 Å². The van der Waals surface area contributed by atoms with Gasteiger partial charge in [0.2, 0.25) is 5.91 Å². The van der Waals surface area contributed by atoms with Gasteiger partial charge < -0.3 is 10.4 Å². The van der Waals surface area contributed by atoms with Gasteiger partial charge >= 0.3 is 4.87 Å². The van der Waals surface area contributed by atoms with E-state index in [-0.39, 0.29) is 29.3 Å². The average Bonchev–Trinajstić information content (AvgIpc) is 2.58. The maximum absolute atomic E-state index is 11.7. The number of nitrogens with one attached hydrogen (secondary N) is 1. The van der Waals surface area contributed by atoms with Crippen LogP contribution in [0.2, 0.25) is 0 Å². The SMILES string of the molecule is Cc1csc(=O)n1CC(=O)NCC(C)(C)CCO. The molecule has 1 aromatic heterocycles. The van der Waals surface area contributed by atoms with Gasteiger partial charge in [0.05, 0.1) is 0 Å². The number of nitrogens with zero attached hydrogens (tertiary/aromatic N) is 1. The molecule has 0 fully saturated rings. The standard InChI is InChI=1S/C12H20N2O3S/c1-9-7-18-11(17)14(9)6-10(16)13-8-12(2,3)4-5-15/h7,15H,4-6,8H2,1-3H3,(H,13,16). The maximum atomic E-state index is 11.7. The molecule has 18 heavy (non-hydrogen) atoms. The molecule has 1 rings (SSSR count). The van der Waals surface area contributed by atoms with Crippen molar-refractivity contribution in [1.82, 2.24) is 9.88 Å². The van der Waals surface area contributed by atoms with Gasteiger partial charge in [0, 0.05) is 24.2 Å². The molecule has 0 spiro atoms. The minimum Gasteiger partial charge on any atom is -0.396 e. The first-order valence-corrected chi connectivity index (χ1v) is 6.76. The quantitative estimate of drug-likeness (QED) is 0.802. The third kappa shape index (κ3) is 4.27. The smallest absolute Gasteiger partial charge is 0.307 e. The van der Waals surface area contributed by atoms with Crippen molar-refractivity contribution in [3.63, 3.8) is 0 Å². The Labute approximate surface area is 110 Å². The second-order valence-electron chi connectivity index (χ2n) is 5.14. The number of thiazole rings is 1. The van der Waals surface area contributed by atoms with Crippen molar-refractivity contribution in [2.45, 2.75) is 33.7 Å². The fourth-order valence-electron chi connectivity index (χ4n) is 1.52. The van der Waals surface area contributed by atoms with Crippen molar-refractivity contribution in [2.24, 2.45) is 5.41 Å². The largest absolute Gasteiger partial charge is 0.396 e. The molecule has 0 aliphatic heterocycles. The molecule has 1 heterocycles. The van der Waals surface area contributed by atoms with Crippen molar-refractivity contribution in [2.75, 3.05) is 13.2 Å². The number of hydrogen-bond acceptors (Lipinski definition) is 4. The molecule has 2 N–H and O–H groups in total. The van der Waals surface area contributed by atoms with Crippen LogP contribution in [0.1, 0.15) is 26.0 Å². The Bertz CT molecular complexity index is 462. The summed E-state index contributed by atoms with van der Waals surface area (Å²) in [6, 6.07) is 0. The summed E-state index contributed by atoms with van der Waals surface area (Å²) < 4.78 is 1.46. The zero-order chi connectivity index (χ0) is 13.8. The summed E-state index contributed by atoms with van der Waals surface area (Å²) in [5.41, 5.74) is 0.661. The maximum Gasteiger partial charge on any atom is 0.307 e. The Morgan fingerprint density at radius 1 is 1.56 bits per heavy atom. The summed E-state index contributed by atoms with van der Waals surface area (Å²) >= 11 is 1.10. The molecule has 0 saturated heterocycles. The molecule has 0 aromatic carbocycles. The van der Waals surface area contributed by atoms with E-state index in [4.69, 9.17) is 5.11 Å². The molecule has 0 atom stereocenters. The predicted octanol–water partition coefficient (Wildman–Crippen LogP) is 0.743. The molecular formula is C12H20N2O3S. The number of aromatic nitrogens is 1. The van der Waals surface area contributed by atoms with E-state index in [1.54, 1.807) is 12.3 Å². The first kappa shape index (κ1) is 14.9. The second-order valence-corrected chi connectivity index (χ2v) is 5.96. The van der Waals surface area contributed by atoms with Gasteiger partial charge in [0.25, 0.3) is 0 Å². The molecule has 5 nitrogen and oxygen atoms in total. The van der Waals surface area contributed by atoms with Crippen molar-refractivity contribution >= 4 is 17.2 Å². The molecule has 0 unspecified atom stereocenters. The van der Waals surface area contributed by atoms with Crippen LogP contribution >= 0.6 is 11.3 Å². The molecular weight excluding hydrogens is 252 g/mol. The van der Waals surface area contributed by atoms with E-state index < -0.39 is 0 Å². The minimum atomic E-state index is -0.176. The normalized spacial score (nSPS) is 11.6. The third-order valence-electron chi connectivity index (χ3n) is 2.83. The Morgan fingerprint density at radius 3 is 2.72 bits per heavy atom. The summed E-state index contributed by atoms with van der Waals surface area (Å²) in [4.78, 5) is 23.1. The monoisotopic (exact) mass is 272 g/mol. The van der Waals surface area contributed by atoms with Crippen LogP contribution in [0.25, 0.3) is 0 Å². The minimum absolute atomic E-state index is 0.0589. The first-order valence-electron chi connectivity index (χ1n) is 5.88. The van der Waals surface area contributed by atoms with Gasteiger partial charge in [0.1, 0.15) is 6.54 Å². The molecule has 0 saturated carbocycles. The highest BCUT2D eigenvalue weighted by Crippen LogP contribution is 2.17. The number of aliphatic hydroxyl groups excluding tert-OH is 1. The molecule has 0 aliphatic rings. The highest BCUT2D eigenvalue weighted by atomic mass is 32.1. The van der Waals surface area contributed by atoms with Gasteiger partial charge in [-0.05, 0) is 18.8 Å². The Morgan fingerprint density at radius 2 is 2.22 bits per heavy atom. The molecule has 0 bridgehead atoms. The number of aryl methyl sites for hydroxylation is 1. The zero-order valence-electron chi connectivity index (χ0n) is 11.0. The van der Waals surface area contributed by atoms with Crippen molar-refractivity contribution in [3.8, 4) is 0 Å². The fourth-order valence-corrected chi connectivity index (χ4v) is 2.26. The summed E-state index contributed by atoms with van der Waals surface area (Å²) in [5.74, 6) is -0.176. The van der Waals surface area contributed by atoms with Gasteiger partial charge in [-0.2, -0.15) is 0 Å². The first-order chi connectivity index (χ1) is 8.35. The van der Waals surface area contributed by atoms with Crippen LogP contribution in [0.15, 0.2) is 10.2 Å². The van der Waals surface area contributed by atoms with Crippen LogP contribution in [-0.2, 0) is 11.3 Å². The van der Waals surface area contributed by atoms with Crippen LogP contribution in [0.5, 0.6) is 0 Å². The van der Waals surface area contributed by atoms with E-state index in [2.05, 4.69) is 5.32 Å². The van der Waals surface area contributed by atoms with E-state index in [1.165, 1.54) is 4.57 Å². The van der Waals surface area contributed by atoms with Gasteiger partial charge in [0.15, 0.2) is 0 Å². The lowest BCUT2D eigenvalue weighted by Gasteiger charge is -2.23. The number of hydrogen-bond donors (Lipinski definition) is 2. The summed E-state index contributed by atoms with van der Waals surface area (Å²) in [5, 5.41) is 13.4. The van der Waals surface area contributed by atoms with Gasteiger partial charge in [-0.15, -0.1) is 0 Å². The second kappa shape index (κ2) is 6.15. The molecule has 102 valence electrons. The molecule has 1 aromatic rings. The number of aliphatic hydroxyl groups is 1. The fraction of sp³-hybridized carbons (Fsp3) is 0.667. The summed E-state index contributed by atoms with van der Waals surface area (Å²) in [7, 11) is 0. The van der Waals surface area contributed by atoms with Crippen molar-refractivity contribution in [3.05, 3.63) is 20.7 Å².